The molecule has 0 saturated carbocycles. The van der Waals surface area contributed by atoms with Gasteiger partial charge in [-0.1, -0.05) is 12.1 Å². The predicted molar refractivity (Wildman–Crippen MR) is 103 cm³/mol. The summed E-state index contributed by atoms with van der Waals surface area (Å²) in [5.74, 6) is 1.10. The Morgan fingerprint density at radius 3 is 3.00 bits per heavy atom. The van der Waals surface area contributed by atoms with E-state index in [-0.39, 0.29) is 11.8 Å². The molecule has 6 heteroatoms. The largest absolute Gasteiger partial charge is 0.459 e. The highest BCUT2D eigenvalue weighted by Crippen LogP contribution is 2.27. The van der Waals surface area contributed by atoms with Crippen molar-refractivity contribution in [3.63, 3.8) is 0 Å². The molecule has 1 unspecified atom stereocenters. The van der Waals surface area contributed by atoms with E-state index in [9.17, 15) is 4.79 Å². The van der Waals surface area contributed by atoms with Crippen molar-refractivity contribution in [1.29, 1.82) is 0 Å². The van der Waals surface area contributed by atoms with Gasteiger partial charge in [0, 0.05) is 30.9 Å². The molecule has 1 aliphatic heterocycles. The molecule has 1 N–H and O–H groups in total. The standard InChI is InChI=1S/C21H22N4O2/c1-15-5-2-7-17(13-15)23-21-22-10-9-18(24-21)16-6-3-11-25(14-16)20(26)19-8-4-12-27-19/h2,4-5,7-10,12-13,16H,3,6,11,14H2,1H3,(H,22,23,24). The maximum atomic E-state index is 12.6. The number of nitrogens with zero attached hydrogens (tertiary/aromatic N) is 3. The number of carbonyl (C=O) groups is 1. The first-order chi connectivity index (χ1) is 13.2. The Labute approximate surface area is 158 Å². The third kappa shape index (κ3) is 4.00. The first kappa shape index (κ1) is 17.3. The summed E-state index contributed by atoms with van der Waals surface area (Å²) in [5, 5.41) is 3.26. The van der Waals surface area contributed by atoms with E-state index in [0.717, 1.165) is 30.8 Å². The number of piperidine rings is 1. The summed E-state index contributed by atoms with van der Waals surface area (Å²) < 4.78 is 5.26. The lowest BCUT2D eigenvalue weighted by Crippen LogP contribution is -2.39. The topological polar surface area (TPSA) is 71.3 Å². The minimum absolute atomic E-state index is 0.0585. The van der Waals surface area contributed by atoms with Gasteiger partial charge in [-0.15, -0.1) is 0 Å². The molecule has 138 valence electrons. The number of aromatic nitrogens is 2. The van der Waals surface area contributed by atoms with Crippen LogP contribution in [-0.4, -0.2) is 33.9 Å². The highest BCUT2D eigenvalue weighted by atomic mass is 16.3. The second-order valence-corrected chi connectivity index (χ2v) is 6.87. The third-order valence-corrected chi connectivity index (χ3v) is 4.81. The second-order valence-electron chi connectivity index (χ2n) is 6.87. The van der Waals surface area contributed by atoms with Gasteiger partial charge in [-0.2, -0.15) is 0 Å². The molecule has 27 heavy (non-hydrogen) atoms. The van der Waals surface area contributed by atoms with Crippen LogP contribution < -0.4 is 5.32 Å². The van der Waals surface area contributed by atoms with E-state index in [1.54, 1.807) is 18.3 Å². The fraction of sp³-hybridized carbons (Fsp3) is 0.286. The van der Waals surface area contributed by atoms with Crippen LogP contribution in [0.25, 0.3) is 0 Å². The Morgan fingerprint density at radius 1 is 1.26 bits per heavy atom. The van der Waals surface area contributed by atoms with Crippen LogP contribution >= 0.6 is 0 Å². The smallest absolute Gasteiger partial charge is 0.289 e. The van der Waals surface area contributed by atoms with Gasteiger partial charge in [0.1, 0.15) is 0 Å². The van der Waals surface area contributed by atoms with Gasteiger partial charge < -0.3 is 14.6 Å². The average molecular weight is 362 g/mol. The van der Waals surface area contributed by atoms with Crippen LogP contribution in [0.15, 0.2) is 59.3 Å². The van der Waals surface area contributed by atoms with Crippen LogP contribution in [0.3, 0.4) is 0 Å². The van der Waals surface area contributed by atoms with Gasteiger partial charge >= 0.3 is 0 Å². The molecule has 3 aromatic rings. The molecule has 1 aliphatic rings. The van der Waals surface area contributed by atoms with E-state index in [1.807, 2.05) is 23.1 Å². The first-order valence-electron chi connectivity index (χ1n) is 9.18. The van der Waals surface area contributed by atoms with Gasteiger partial charge in [0.25, 0.3) is 5.91 Å². The van der Waals surface area contributed by atoms with Gasteiger partial charge in [0.05, 0.1) is 12.0 Å². The number of benzene rings is 1. The van der Waals surface area contributed by atoms with Crippen molar-refractivity contribution in [2.45, 2.75) is 25.7 Å². The van der Waals surface area contributed by atoms with E-state index in [2.05, 4.69) is 29.4 Å². The lowest BCUT2D eigenvalue weighted by molar-refractivity contribution is 0.0673. The molecule has 1 atom stereocenters. The molecule has 0 spiro atoms. The molecular formula is C21H22N4O2. The Bertz CT molecular complexity index is 923. The van der Waals surface area contributed by atoms with Gasteiger partial charge in [0.2, 0.25) is 5.95 Å². The zero-order valence-corrected chi connectivity index (χ0v) is 15.3. The van der Waals surface area contributed by atoms with Crippen molar-refractivity contribution in [3.8, 4) is 0 Å². The quantitative estimate of drug-likeness (QED) is 0.755. The van der Waals surface area contributed by atoms with Crippen molar-refractivity contribution >= 4 is 17.5 Å². The summed E-state index contributed by atoms with van der Waals surface area (Å²) in [6.45, 7) is 3.44. The molecule has 6 nitrogen and oxygen atoms in total. The molecule has 0 bridgehead atoms. The van der Waals surface area contributed by atoms with Crippen LogP contribution in [-0.2, 0) is 0 Å². The lowest BCUT2D eigenvalue weighted by atomic mass is 9.94. The van der Waals surface area contributed by atoms with Crippen LogP contribution in [0, 0.1) is 6.92 Å². The number of rotatable bonds is 4. The number of carbonyl (C=O) groups excluding carboxylic acids is 1. The van der Waals surface area contributed by atoms with E-state index < -0.39 is 0 Å². The van der Waals surface area contributed by atoms with E-state index in [1.165, 1.54) is 11.8 Å². The van der Waals surface area contributed by atoms with E-state index >= 15 is 0 Å². The fourth-order valence-electron chi connectivity index (χ4n) is 3.47. The molecule has 2 aromatic heterocycles. The monoisotopic (exact) mass is 362 g/mol. The summed E-state index contributed by atoms with van der Waals surface area (Å²) in [6, 6.07) is 13.5. The average Bonchev–Trinajstić information content (AvgIpc) is 3.23. The summed E-state index contributed by atoms with van der Waals surface area (Å²) in [7, 11) is 0. The number of furan rings is 1. The number of nitrogens with one attached hydrogen (secondary N) is 1. The number of anilines is 2. The van der Waals surface area contributed by atoms with Crippen LogP contribution in [0.4, 0.5) is 11.6 Å². The Hall–Kier alpha value is -3.15. The second kappa shape index (κ2) is 7.61. The van der Waals surface area contributed by atoms with Gasteiger partial charge in [-0.05, 0) is 55.7 Å². The van der Waals surface area contributed by atoms with Crippen LogP contribution in [0.2, 0.25) is 0 Å². The molecule has 1 saturated heterocycles. The Kier molecular flexibility index (Phi) is 4.87. The van der Waals surface area contributed by atoms with Crippen molar-refractivity contribution < 1.29 is 9.21 Å². The maximum Gasteiger partial charge on any atom is 0.289 e. The molecule has 4 rings (SSSR count). The van der Waals surface area contributed by atoms with Crippen molar-refractivity contribution in [2.75, 3.05) is 18.4 Å². The normalized spacial score (nSPS) is 16.9. The predicted octanol–water partition coefficient (Wildman–Crippen LogP) is 4.14. The highest BCUT2D eigenvalue weighted by Gasteiger charge is 2.27. The number of hydrogen-bond acceptors (Lipinski definition) is 5. The lowest BCUT2D eigenvalue weighted by Gasteiger charge is -2.32. The zero-order chi connectivity index (χ0) is 18.6. The molecule has 1 fully saturated rings. The van der Waals surface area contributed by atoms with E-state index in [0.29, 0.717) is 18.3 Å². The minimum Gasteiger partial charge on any atom is -0.459 e. The van der Waals surface area contributed by atoms with Gasteiger partial charge in [0.15, 0.2) is 5.76 Å². The molecule has 0 aliphatic carbocycles. The molecule has 3 heterocycles. The number of likely N-dealkylation sites (tertiary alicyclic amines) is 1. The van der Waals surface area contributed by atoms with E-state index in [4.69, 9.17) is 9.40 Å². The van der Waals surface area contributed by atoms with Gasteiger partial charge in [-0.3, -0.25) is 4.79 Å². The highest BCUT2D eigenvalue weighted by molar-refractivity contribution is 5.91. The van der Waals surface area contributed by atoms with Crippen molar-refractivity contribution in [1.82, 2.24) is 14.9 Å². The van der Waals surface area contributed by atoms with Crippen LogP contribution in [0.5, 0.6) is 0 Å². The number of amides is 1. The van der Waals surface area contributed by atoms with Crippen LogP contribution in [0.1, 0.15) is 40.6 Å². The zero-order valence-electron chi connectivity index (χ0n) is 15.3. The molecule has 1 amide bonds. The minimum atomic E-state index is -0.0585. The first-order valence-corrected chi connectivity index (χ1v) is 9.18. The SMILES string of the molecule is Cc1cccc(Nc2nccc(C3CCCN(C(=O)c4ccco4)C3)n2)c1. The number of hydrogen-bond donors (Lipinski definition) is 1. The summed E-state index contributed by atoms with van der Waals surface area (Å²) in [4.78, 5) is 23.4. The molecule has 1 aromatic carbocycles. The van der Waals surface area contributed by atoms with Crippen molar-refractivity contribution in [3.05, 3.63) is 71.9 Å². The van der Waals surface area contributed by atoms with Crippen molar-refractivity contribution in [2.24, 2.45) is 0 Å². The third-order valence-electron chi connectivity index (χ3n) is 4.81. The maximum absolute atomic E-state index is 12.6. The Balaban J connectivity index is 1.48. The molecule has 0 radical (unpaired) electrons. The summed E-state index contributed by atoms with van der Waals surface area (Å²) in [6.07, 6.45) is 5.25. The molecular weight excluding hydrogens is 340 g/mol. The summed E-state index contributed by atoms with van der Waals surface area (Å²) in [5.41, 5.74) is 3.10. The number of aryl methyl sites for hydroxylation is 1. The fourth-order valence-corrected chi connectivity index (χ4v) is 3.47. The summed E-state index contributed by atoms with van der Waals surface area (Å²) >= 11 is 0. The Morgan fingerprint density at radius 2 is 2.19 bits per heavy atom. The van der Waals surface area contributed by atoms with Gasteiger partial charge in [-0.25, -0.2) is 9.97 Å².